The zero-order chi connectivity index (χ0) is 18.8. The molecule has 1 amide bonds. The van der Waals surface area contributed by atoms with Gasteiger partial charge in [-0.3, -0.25) is 10.1 Å². The van der Waals surface area contributed by atoms with Crippen molar-refractivity contribution in [2.45, 2.75) is 0 Å². The molecule has 0 aliphatic carbocycles. The topological polar surface area (TPSA) is 86.5 Å². The van der Waals surface area contributed by atoms with Gasteiger partial charge in [-0.05, 0) is 30.3 Å². The van der Waals surface area contributed by atoms with Crippen molar-refractivity contribution in [1.29, 1.82) is 0 Å². The molecule has 7 nitrogen and oxygen atoms in total. The summed E-state index contributed by atoms with van der Waals surface area (Å²) in [6.45, 7) is 0. The first kappa shape index (κ1) is 17.0. The van der Waals surface area contributed by atoms with Crippen LogP contribution in [-0.2, 0) is 0 Å². The molecule has 4 rings (SSSR count). The number of ether oxygens (including phenoxy) is 2. The lowest BCUT2D eigenvalue weighted by Gasteiger charge is -2.07. The number of carbonyl (C=O) groups excluding carboxylic acids is 1. The minimum absolute atomic E-state index is 0.147. The molecule has 0 fully saturated rings. The largest absolute Gasteiger partial charge is 0.497 e. The standard InChI is InChI=1S/C19H15N3O4S/c1-24-11-7-8-15(25-2)12(9-11)16-10-14(22-26-16)18(23)21-19-20-13-5-3-4-6-17(13)27-19/h3-10H,1-2H3,(H,20,21,23). The first-order valence-corrected chi connectivity index (χ1v) is 8.85. The average Bonchev–Trinajstić information content (AvgIpc) is 3.34. The maximum Gasteiger partial charge on any atom is 0.279 e. The Bertz CT molecular complexity index is 1090. The van der Waals surface area contributed by atoms with Gasteiger partial charge in [0.05, 0.1) is 30.0 Å². The van der Waals surface area contributed by atoms with E-state index in [1.165, 1.54) is 11.3 Å². The number of aromatic nitrogens is 2. The molecule has 0 bridgehead atoms. The molecule has 0 spiro atoms. The van der Waals surface area contributed by atoms with Gasteiger partial charge in [0, 0.05) is 6.07 Å². The number of nitrogens with zero attached hydrogens (tertiary/aromatic N) is 2. The minimum atomic E-state index is -0.397. The second kappa shape index (κ2) is 7.08. The van der Waals surface area contributed by atoms with Crippen molar-refractivity contribution in [3.05, 3.63) is 54.2 Å². The van der Waals surface area contributed by atoms with Crippen LogP contribution in [0.15, 0.2) is 53.1 Å². The van der Waals surface area contributed by atoms with E-state index in [0.29, 0.717) is 28.0 Å². The van der Waals surface area contributed by atoms with Gasteiger partial charge in [-0.25, -0.2) is 4.98 Å². The second-order valence-electron chi connectivity index (χ2n) is 5.58. The van der Waals surface area contributed by atoms with Gasteiger partial charge in [-0.2, -0.15) is 0 Å². The number of fused-ring (bicyclic) bond motifs is 1. The predicted octanol–water partition coefficient (Wildman–Crippen LogP) is 4.22. The monoisotopic (exact) mass is 381 g/mol. The summed E-state index contributed by atoms with van der Waals surface area (Å²) in [6.07, 6.45) is 0. The third kappa shape index (κ3) is 3.34. The highest BCUT2D eigenvalue weighted by Gasteiger charge is 2.18. The molecule has 2 aromatic carbocycles. The summed E-state index contributed by atoms with van der Waals surface area (Å²) < 4.78 is 16.9. The molecule has 0 atom stereocenters. The molecule has 8 heteroatoms. The Hall–Kier alpha value is -3.39. The Morgan fingerprint density at radius 1 is 1.11 bits per heavy atom. The second-order valence-corrected chi connectivity index (χ2v) is 6.61. The molecule has 0 aliphatic rings. The Morgan fingerprint density at radius 2 is 1.96 bits per heavy atom. The number of nitrogens with one attached hydrogen (secondary N) is 1. The number of carbonyl (C=O) groups is 1. The van der Waals surface area contributed by atoms with Crippen LogP contribution in [0.25, 0.3) is 21.5 Å². The summed E-state index contributed by atoms with van der Waals surface area (Å²) in [5, 5.41) is 7.12. The summed E-state index contributed by atoms with van der Waals surface area (Å²) in [5.74, 6) is 1.24. The van der Waals surface area contributed by atoms with E-state index < -0.39 is 5.91 Å². The van der Waals surface area contributed by atoms with Crippen molar-refractivity contribution in [2.75, 3.05) is 19.5 Å². The van der Waals surface area contributed by atoms with E-state index >= 15 is 0 Å². The number of hydrogen-bond acceptors (Lipinski definition) is 7. The molecular formula is C19H15N3O4S. The molecule has 2 heterocycles. The molecule has 1 N–H and O–H groups in total. The molecule has 0 saturated heterocycles. The number of thiazole rings is 1. The zero-order valence-corrected chi connectivity index (χ0v) is 15.4. The Kier molecular flexibility index (Phi) is 4.47. The molecule has 0 aliphatic heterocycles. The number of rotatable bonds is 5. The van der Waals surface area contributed by atoms with E-state index in [2.05, 4.69) is 15.5 Å². The normalized spacial score (nSPS) is 10.7. The van der Waals surface area contributed by atoms with Gasteiger partial charge in [0.1, 0.15) is 11.5 Å². The first-order valence-electron chi connectivity index (χ1n) is 8.04. The van der Waals surface area contributed by atoms with E-state index in [4.69, 9.17) is 14.0 Å². The van der Waals surface area contributed by atoms with Crippen LogP contribution in [0, 0.1) is 0 Å². The van der Waals surface area contributed by atoms with E-state index in [1.807, 2.05) is 24.3 Å². The lowest BCUT2D eigenvalue weighted by molar-refractivity contribution is 0.101. The summed E-state index contributed by atoms with van der Waals surface area (Å²) in [6, 6.07) is 14.5. The summed E-state index contributed by atoms with van der Waals surface area (Å²) in [4.78, 5) is 16.9. The number of hydrogen-bond donors (Lipinski definition) is 1. The predicted molar refractivity (Wildman–Crippen MR) is 103 cm³/mol. The SMILES string of the molecule is COc1ccc(OC)c(-c2cc(C(=O)Nc3nc4ccccc4s3)no2)c1. The molecule has 0 saturated carbocycles. The molecule has 4 aromatic rings. The Balaban J connectivity index is 1.59. The van der Waals surface area contributed by atoms with Crippen LogP contribution >= 0.6 is 11.3 Å². The third-order valence-electron chi connectivity index (χ3n) is 3.93. The molecule has 0 radical (unpaired) electrons. The molecule has 136 valence electrons. The van der Waals surface area contributed by atoms with Crippen molar-refractivity contribution >= 4 is 32.6 Å². The number of anilines is 1. The molecule has 0 unspecified atom stereocenters. The fourth-order valence-electron chi connectivity index (χ4n) is 2.60. The highest BCUT2D eigenvalue weighted by atomic mass is 32.1. The van der Waals surface area contributed by atoms with Crippen LogP contribution in [0.3, 0.4) is 0 Å². The highest BCUT2D eigenvalue weighted by Crippen LogP contribution is 2.34. The van der Waals surface area contributed by atoms with Crippen molar-refractivity contribution < 1.29 is 18.8 Å². The van der Waals surface area contributed by atoms with E-state index in [0.717, 1.165) is 10.2 Å². The van der Waals surface area contributed by atoms with Gasteiger partial charge < -0.3 is 14.0 Å². The van der Waals surface area contributed by atoms with Crippen LogP contribution in [0.4, 0.5) is 5.13 Å². The van der Waals surface area contributed by atoms with E-state index in [-0.39, 0.29) is 5.69 Å². The molecule has 27 heavy (non-hydrogen) atoms. The number of methoxy groups -OCH3 is 2. The molecular weight excluding hydrogens is 366 g/mol. The van der Waals surface area contributed by atoms with Gasteiger partial charge in [0.25, 0.3) is 5.91 Å². The fraction of sp³-hybridized carbons (Fsp3) is 0.105. The highest BCUT2D eigenvalue weighted by molar-refractivity contribution is 7.22. The summed E-state index contributed by atoms with van der Waals surface area (Å²) >= 11 is 1.40. The van der Waals surface area contributed by atoms with Crippen molar-refractivity contribution in [3.63, 3.8) is 0 Å². The van der Waals surface area contributed by atoms with Gasteiger partial charge in [0.15, 0.2) is 16.6 Å². The fourth-order valence-corrected chi connectivity index (χ4v) is 3.46. The van der Waals surface area contributed by atoms with Gasteiger partial charge in [-0.15, -0.1) is 0 Å². The van der Waals surface area contributed by atoms with Crippen LogP contribution in [-0.4, -0.2) is 30.3 Å². The number of para-hydroxylation sites is 1. The third-order valence-corrected chi connectivity index (χ3v) is 4.88. The lowest BCUT2D eigenvalue weighted by atomic mass is 10.1. The number of amides is 1. The van der Waals surface area contributed by atoms with Crippen molar-refractivity contribution in [3.8, 4) is 22.8 Å². The smallest absolute Gasteiger partial charge is 0.279 e. The number of benzene rings is 2. The van der Waals surface area contributed by atoms with Crippen LogP contribution in [0.2, 0.25) is 0 Å². The van der Waals surface area contributed by atoms with Gasteiger partial charge in [0.2, 0.25) is 0 Å². The quantitative estimate of drug-likeness (QED) is 0.557. The van der Waals surface area contributed by atoms with Crippen molar-refractivity contribution in [1.82, 2.24) is 10.1 Å². The zero-order valence-electron chi connectivity index (χ0n) is 14.6. The van der Waals surface area contributed by atoms with Gasteiger partial charge in [-0.1, -0.05) is 28.6 Å². The first-order chi connectivity index (χ1) is 13.2. The maximum atomic E-state index is 12.5. The summed E-state index contributed by atoms with van der Waals surface area (Å²) in [5.41, 5.74) is 1.62. The Labute approximate surface area is 158 Å². The van der Waals surface area contributed by atoms with E-state index in [1.54, 1.807) is 38.5 Å². The van der Waals surface area contributed by atoms with Gasteiger partial charge >= 0.3 is 0 Å². The van der Waals surface area contributed by atoms with Crippen LogP contribution in [0.5, 0.6) is 11.5 Å². The minimum Gasteiger partial charge on any atom is -0.497 e. The average molecular weight is 381 g/mol. The van der Waals surface area contributed by atoms with Crippen molar-refractivity contribution in [2.24, 2.45) is 0 Å². The Morgan fingerprint density at radius 3 is 2.74 bits per heavy atom. The summed E-state index contributed by atoms with van der Waals surface area (Å²) in [7, 11) is 3.13. The van der Waals surface area contributed by atoms with E-state index in [9.17, 15) is 4.79 Å². The van der Waals surface area contributed by atoms with Crippen LogP contribution < -0.4 is 14.8 Å². The lowest BCUT2D eigenvalue weighted by Crippen LogP contribution is -2.11. The maximum absolute atomic E-state index is 12.5. The molecule has 2 aromatic heterocycles. The van der Waals surface area contributed by atoms with Crippen LogP contribution in [0.1, 0.15) is 10.5 Å².